The topological polar surface area (TPSA) is 80.6 Å². The van der Waals surface area contributed by atoms with Crippen molar-refractivity contribution in [3.8, 4) is 11.7 Å². The zero-order chi connectivity index (χ0) is 19.4. The molecule has 2 amide bonds. The second kappa shape index (κ2) is 8.31. The molecular formula is C19H22N2O4S2. The lowest BCUT2D eigenvalue weighted by molar-refractivity contribution is -0.129. The molecule has 2 N–H and O–H groups in total. The normalized spacial score (nSPS) is 14.8. The molecule has 0 atom stereocenters. The molecular weight excluding hydrogens is 384 g/mol. The molecule has 1 saturated heterocycles. The summed E-state index contributed by atoms with van der Waals surface area (Å²) in [4.78, 5) is 23.8. The van der Waals surface area contributed by atoms with Crippen LogP contribution in [-0.4, -0.2) is 23.3 Å². The van der Waals surface area contributed by atoms with Crippen molar-refractivity contribution in [1.82, 2.24) is 10.9 Å². The van der Waals surface area contributed by atoms with E-state index in [-0.39, 0.29) is 17.6 Å². The van der Waals surface area contributed by atoms with Crippen molar-refractivity contribution < 1.29 is 18.7 Å². The van der Waals surface area contributed by atoms with Gasteiger partial charge in [-0.3, -0.25) is 20.4 Å². The molecule has 2 aromatic rings. The summed E-state index contributed by atoms with van der Waals surface area (Å²) in [6.07, 6.45) is 0. The van der Waals surface area contributed by atoms with Crippen molar-refractivity contribution in [2.75, 3.05) is 11.5 Å². The quantitative estimate of drug-likeness (QED) is 0.735. The van der Waals surface area contributed by atoms with E-state index in [0.29, 0.717) is 10.3 Å². The maximum Gasteiger partial charge on any atom is 0.305 e. The summed E-state index contributed by atoms with van der Waals surface area (Å²) < 4.78 is 11.5. The zero-order valence-corrected chi connectivity index (χ0v) is 17.0. The molecule has 0 bridgehead atoms. The number of thioether (sulfide) groups is 2. The van der Waals surface area contributed by atoms with Gasteiger partial charge in [0.2, 0.25) is 5.91 Å². The first-order chi connectivity index (χ1) is 12.8. The van der Waals surface area contributed by atoms with E-state index in [4.69, 9.17) is 9.15 Å². The number of carbonyl (C=O) groups is 2. The first-order valence-electron chi connectivity index (χ1n) is 8.54. The highest BCUT2D eigenvalue weighted by molar-refractivity contribution is 8.19. The van der Waals surface area contributed by atoms with Crippen LogP contribution >= 0.6 is 23.5 Å². The summed E-state index contributed by atoms with van der Waals surface area (Å²) in [6, 6.07) is 10.9. The lowest BCUT2D eigenvalue weighted by atomic mass is 9.96. The van der Waals surface area contributed by atoms with Crippen LogP contribution in [0.1, 0.15) is 41.5 Å². The number of hydrazine groups is 1. The summed E-state index contributed by atoms with van der Waals surface area (Å²) in [5.74, 6) is 2.41. The third-order valence-electron chi connectivity index (χ3n) is 3.77. The van der Waals surface area contributed by atoms with Gasteiger partial charge >= 0.3 is 5.91 Å². The minimum atomic E-state index is -0.605. The fourth-order valence-corrected chi connectivity index (χ4v) is 5.08. The molecule has 1 aromatic heterocycles. The van der Waals surface area contributed by atoms with Crippen LogP contribution in [0, 0.1) is 5.41 Å². The van der Waals surface area contributed by atoms with E-state index in [1.54, 1.807) is 26.8 Å². The lowest BCUT2D eigenvalue weighted by Crippen LogP contribution is -2.46. The van der Waals surface area contributed by atoms with Crippen LogP contribution in [0.4, 0.5) is 0 Å². The molecule has 8 heteroatoms. The first-order valence-corrected chi connectivity index (χ1v) is 10.6. The highest BCUT2D eigenvalue weighted by Gasteiger charge is 2.22. The standard InChI is InChI=1S/C19H22N2O4S2/c1-19(2,3)18(23)21-20-16(22)14-8-9-15(25-14)24-13-6-4-12(5-7-13)17-26-10-11-27-17/h4-9,17H,10-11H2,1-3H3,(H,20,22)(H,21,23). The highest BCUT2D eigenvalue weighted by Crippen LogP contribution is 2.45. The van der Waals surface area contributed by atoms with Gasteiger partial charge in [0.05, 0.1) is 4.58 Å². The molecule has 0 spiro atoms. The Bertz CT molecular complexity index is 806. The minimum Gasteiger partial charge on any atom is -0.426 e. The molecule has 144 valence electrons. The van der Waals surface area contributed by atoms with Crippen molar-refractivity contribution in [3.63, 3.8) is 0 Å². The van der Waals surface area contributed by atoms with Crippen LogP contribution in [0.3, 0.4) is 0 Å². The Morgan fingerprint density at radius 1 is 1.04 bits per heavy atom. The van der Waals surface area contributed by atoms with Crippen molar-refractivity contribution in [3.05, 3.63) is 47.7 Å². The van der Waals surface area contributed by atoms with Crippen molar-refractivity contribution in [2.24, 2.45) is 5.41 Å². The number of amides is 2. The molecule has 0 aliphatic carbocycles. The molecule has 1 aliphatic heterocycles. The van der Waals surface area contributed by atoms with Gasteiger partial charge in [-0.25, -0.2) is 0 Å². The van der Waals surface area contributed by atoms with Gasteiger partial charge < -0.3 is 9.15 Å². The fourth-order valence-electron chi connectivity index (χ4n) is 2.22. The molecule has 0 unspecified atom stereocenters. The molecule has 3 rings (SSSR count). The summed E-state index contributed by atoms with van der Waals surface area (Å²) >= 11 is 3.90. The van der Waals surface area contributed by atoms with Crippen molar-refractivity contribution in [2.45, 2.75) is 25.4 Å². The summed E-state index contributed by atoms with van der Waals surface area (Å²) in [7, 11) is 0. The smallest absolute Gasteiger partial charge is 0.305 e. The van der Waals surface area contributed by atoms with E-state index in [9.17, 15) is 9.59 Å². The van der Waals surface area contributed by atoms with Gasteiger partial charge in [0, 0.05) is 23.0 Å². The first kappa shape index (κ1) is 19.7. The molecule has 0 saturated carbocycles. The average Bonchev–Trinajstić information content (AvgIpc) is 3.31. The van der Waals surface area contributed by atoms with E-state index in [1.807, 2.05) is 47.8 Å². The van der Waals surface area contributed by atoms with Gasteiger partial charge in [-0.1, -0.05) is 32.9 Å². The summed E-state index contributed by atoms with van der Waals surface area (Å²) in [5.41, 5.74) is 5.36. The second-order valence-electron chi connectivity index (χ2n) is 7.02. The molecule has 2 heterocycles. The lowest BCUT2D eigenvalue weighted by Gasteiger charge is -2.17. The molecule has 1 fully saturated rings. The van der Waals surface area contributed by atoms with E-state index in [2.05, 4.69) is 10.9 Å². The van der Waals surface area contributed by atoms with Crippen molar-refractivity contribution in [1.29, 1.82) is 0 Å². The summed E-state index contributed by atoms with van der Waals surface area (Å²) in [6.45, 7) is 5.26. The van der Waals surface area contributed by atoms with Gasteiger partial charge in [0.25, 0.3) is 5.95 Å². The van der Waals surface area contributed by atoms with Crippen molar-refractivity contribution >= 4 is 35.3 Å². The number of nitrogens with one attached hydrogen (secondary N) is 2. The molecule has 0 radical (unpaired) electrons. The molecule has 6 nitrogen and oxygen atoms in total. The number of furan rings is 1. The number of rotatable bonds is 4. The Kier molecular flexibility index (Phi) is 6.06. The van der Waals surface area contributed by atoms with Crippen LogP contribution in [-0.2, 0) is 4.79 Å². The Labute approximate surface area is 166 Å². The Hall–Kier alpha value is -2.06. The predicted octanol–water partition coefficient (Wildman–Crippen LogP) is 4.36. The largest absolute Gasteiger partial charge is 0.426 e. The van der Waals surface area contributed by atoms with Crippen LogP contribution in [0.5, 0.6) is 11.7 Å². The Morgan fingerprint density at radius 3 is 2.33 bits per heavy atom. The van der Waals surface area contributed by atoms with Crippen LogP contribution in [0.25, 0.3) is 0 Å². The zero-order valence-electron chi connectivity index (χ0n) is 15.4. The van der Waals surface area contributed by atoms with E-state index in [1.165, 1.54) is 23.1 Å². The van der Waals surface area contributed by atoms with Gasteiger partial charge in [0.15, 0.2) is 5.76 Å². The van der Waals surface area contributed by atoms with Gasteiger partial charge in [-0.05, 0) is 23.8 Å². The molecule has 1 aromatic carbocycles. The number of ether oxygens (including phenoxy) is 1. The highest BCUT2D eigenvalue weighted by atomic mass is 32.2. The van der Waals surface area contributed by atoms with E-state index < -0.39 is 11.3 Å². The van der Waals surface area contributed by atoms with Crippen LogP contribution in [0.2, 0.25) is 0 Å². The molecule has 27 heavy (non-hydrogen) atoms. The number of hydrogen-bond acceptors (Lipinski definition) is 6. The predicted molar refractivity (Wildman–Crippen MR) is 108 cm³/mol. The van der Waals surface area contributed by atoms with E-state index in [0.717, 1.165) is 0 Å². The number of carbonyl (C=O) groups excluding carboxylic acids is 2. The van der Waals surface area contributed by atoms with E-state index >= 15 is 0 Å². The maximum absolute atomic E-state index is 12.1. The third-order valence-corrected chi connectivity index (χ3v) is 6.87. The summed E-state index contributed by atoms with van der Waals surface area (Å²) in [5, 5.41) is 0. The SMILES string of the molecule is CC(C)(C)C(=O)NNC(=O)c1ccc(Oc2ccc(C3SCCS3)cc2)o1. The van der Waals surface area contributed by atoms with Crippen LogP contribution in [0.15, 0.2) is 40.8 Å². The minimum absolute atomic E-state index is 0.0505. The van der Waals surface area contributed by atoms with Crippen LogP contribution < -0.4 is 15.6 Å². The Morgan fingerprint density at radius 2 is 1.70 bits per heavy atom. The van der Waals surface area contributed by atoms with Gasteiger partial charge in [0.1, 0.15) is 5.75 Å². The van der Waals surface area contributed by atoms with Gasteiger partial charge in [-0.2, -0.15) is 0 Å². The number of hydrogen-bond donors (Lipinski definition) is 2. The molecule has 1 aliphatic rings. The third kappa shape index (κ3) is 5.23. The fraction of sp³-hybridized carbons (Fsp3) is 0.368. The second-order valence-corrected chi connectivity index (χ2v) is 9.75. The monoisotopic (exact) mass is 406 g/mol. The Balaban J connectivity index is 1.55. The average molecular weight is 407 g/mol. The maximum atomic E-state index is 12.1. The number of benzene rings is 1. The van der Waals surface area contributed by atoms with Gasteiger partial charge in [-0.15, -0.1) is 23.5 Å².